The maximum absolute atomic E-state index is 5.90. The van der Waals surface area contributed by atoms with Gasteiger partial charge in [0.25, 0.3) is 0 Å². The lowest BCUT2D eigenvalue weighted by atomic mass is 10.3. The van der Waals surface area contributed by atoms with Gasteiger partial charge in [0.05, 0.1) is 11.4 Å². The standard InChI is InChI=1S/C14H16N6S/c1-10-12(8-15)13(21-14-17-16-9-19(14)2)20(18-10)11-6-4-3-5-7-11/h3-7,9H,8,15H2,1-2H3. The summed E-state index contributed by atoms with van der Waals surface area (Å²) in [6.07, 6.45) is 1.68. The summed E-state index contributed by atoms with van der Waals surface area (Å²) in [6, 6.07) is 10.0. The van der Waals surface area contributed by atoms with E-state index in [0.717, 1.165) is 27.1 Å². The Balaban J connectivity index is 2.11. The molecule has 0 aliphatic heterocycles. The Hall–Kier alpha value is -2.12. The van der Waals surface area contributed by atoms with Crippen LogP contribution in [0.4, 0.5) is 0 Å². The number of aryl methyl sites for hydroxylation is 2. The Labute approximate surface area is 127 Å². The van der Waals surface area contributed by atoms with Gasteiger partial charge in [0.2, 0.25) is 0 Å². The van der Waals surface area contributed by atoms with E-state index in [1.807, 2.05) is 53.6 Å². The fourth-order valence-corrected chi connectivity index (χ4v) is 3.11. The second-order valence-corrected chi connectivity index (χ2v) is 5.60. The van der Waals surface area contributed by atoms with Gasteiger partial charge in [-0.2, -0.15) is 5.10 Å². The first kappa shape index (κ1) is 13.8. The van der Waals surface area contributed by atoms with Gasteiger partial charge in [-0.05, 0) is 30.8 Å². The van der Waals surface area contributed by atoms with Crippen molar-refractivity contribution in [2.45, 2.75) is 23.7 Å². The summed E-state index contributed by atoms with van der Waals surface area (Å²) in [6.45, 7) is 2.42. The normalized spacial score (nSPS) is 11.0. The van der Waals surface area contributed by atoms with E-state index in [0.29, 0.717) is 6.54 Å². The van der Waals surface area contributed by atoms with Crippen LogP contribution in [0.2, 0.25) is 0 Å². The summed E-state index contributed by atoms with van der Waals surface area (Å²) < 4.78 is 3.79. The molecule has 1 aromatic carbocycles. The molecule has 21 heavy (non-hydrogen) atoms. The molecule has 2 N–H and O–H groups in total. The molecule has 0 aliphatic rings. The number of aromatic nitrogens is 5. The third-order valence-electron chi connectivity index (χ3n) is 3.20. The zero-order valence-electron chi connectivity index (χ0n) is 11.9. The molecule has 0 spiro atoms. The predicted octanol–water partition coefficient (Wildman–Crippen LogP) is 1.92. The van der Waals surface area contributed by atoms with Crippen LogP contribution < -0.4 is 5.73 Å². The maximum Gasteiger partial charge on any atom is 0.197 e. The quantitative estimate of drug-likeness (QED) is 0.797. The van der Waals surface area contributed by atoms with Crippen LogP contribution in [0.25, 0.3) is 5.69 Å². The van der Waals surface area contributed by atoms with Gasteiger partial charge < -0.3 is 10.3 Å². The van der Waals surface area contributed by atoms with Crippen molar-refractivity contribution in [3.8, 4) is 5.69 Å². The summed E-state index contributed by atoms with van der Waals surface area (Å²) in [5, 5.41) is 14.4. The Morgan fingerprint density at radius 2 is 2.00 bits per heavy atom. The minimum absolute atomic E-state index is 0.443. The van der Waals surface area contributed by atoms with Crippen LogP contribution in [0.3, 0.4) is 0 Å². The Morgan fingerprint density at radius 3 is 2.62 bits per heavy atom. The highest BCUT2D eigenvalue weighted by Gasteiger charge is 2.18. The summed E-state index contributed by atoms with van der Waals surface area (Å²) in [7, 11) is 1.92. The summed E-state index contributed by atoms with van der Waals surface area (Å²) in [5.74, 6) is 0. The third-order valence-corrected chi connectivity index (χ3v) is 4.36. The zero-order valence-corrected chi connectivity index (χ0v) is 12.7. The van der Waals surface area contributed by atoms with Crippen LogP contribution in [-0.2, 0) is 13.6 Å². The highest BCUT2D eigenvalue weighted by atomic mass is 32.2. The van der Waals surface area contributed by atoms with Crippen LogP contribution in [0, 0.1) is 6.92 Å². The molecule has 0 atom stereocenters. The SMILES string of the molecule is Cc1nn(-c2ccccc2)c(Sc2nncn2C)c1CN. The topological polar surface area (TPSA) is 74.5 Å². The molecule has 7 heteroatoms. The van der Waals surface area contributed by atoms with Crippen molar-refractivity contribution in [2.75, 3.05) is 0 Å². The van der Waals surface area contributed by atoms with E-state index in [1.165, 1.54) is 11.8 Å². The molecule has 0 amide bonds. The van der Waals surface area contributed by atoms with E-state index < -0.39 is 0 Å². The molecule has 0 saturated carbocycles. The fraction of sp³-hybridized carbons (Fsp3) is 0.214. The molecule has 0 bridgehead atoms. The lowest BCUT2D eigenvalue weighted by molar-refractivity contribution is 0.764. The number of nitrogens with two attached hydrogens (primary N) is 1. The summed E-state index contributed by atoms with van der Waals surface area (Å²) in [5.41, 5.74) is 8.88. The van der Waals surface area contributed by atoms with Gasteiger partial charge in [-0.1, -0.05) is 18.2 Å². The molecular formula is C14H16N6S. The Kier molecular flexibility index (Phi) is 3.76. The first-order chi connectivity index (χ1) is 10.2. The first-order valence-electron chi connectivity index (χ1n) is 6.56. The number of hydrogen-bond donors (Lipinski definition) is 1. The van der Waals surface area contributed by atoms with Crippen molar-refractivity contribution in [1.82, 2.24) is 24.5 Å². The maximum atomic E-state index is 5.90. The molecule has 3 aromatic rings. The van der Waals surface area contributed by atoms with Gasteiger partial charge in [-0.15, -0.1) is 10.2 Å². The van der Waals surface area contributed by atoms with Crippen molar-refractivity contribution >= 4 is 11.8 Å². The molecule has 0 aliphatic carbocycles. The van der Waals surface area contributed by atoms with E-state index >= 15 is 0 Å². The zero-order chi connectivity index (χ0) is 14.8. The van der Waals surface area contributed by atoms with Crippen molar-refractivity contribution < 1.29 is 0 Å². The Morgan fingerprint density at radius 1 is 1.24 bits per heavy atom. The number of nitrogens with zero attached hydrogens (tertiary/aromatic N) is 5. The van der Waals surface area contributed by atoms with E-state index in [9.17, 15) is 0 Å². The molecule has 0 saturated heterocycles. The molecule has 3 rings (SSSR count). The average molecular weight is 300 g/mol. The molecule has 0 unspecified atom stereocenters. The van der Waals surface area contributed by atoms with E-state index in [4.69, 9.17) is 5.73 Å². The van der Waals surface area contributed by atoms with Crippen molar-refractivity contribution in [1.29, 1.82) is 0 Å². The van der Waals surface area contributed by atoms with Gasteiger partial charge in [0.15, 0.2) is 5.16 Å². The number of rotatable bonds is 4. The fourth-order valence-electron chi connectivity index (χ4n) is 2.07. The second-order valence-electron chi connectivity index (χ2n) is 4.65. The van der Waals surface area contributed by atoms with Gasteiger partial charge >= 0.3 is 0 Å². The number of hydrogen-bond acceptors (Lipinski definition) is 5. The third kappa shape index (κ3) is 2.57. The van der Waals surface area contributed by atoms with E-state index in [-0.39, 0.29) is 0 Å². The number of benzene rings is 1. The van der Waals surface area contributed by atoms with Crippen molar-refractivity contribution in [2.24, 2.45) is 12.8 Å². The lowest BCUT2D eigenvalue weighted by Crippen LogP contribution is -2.02. The van der Waals surface area contributed by atoms with Crippen LogP contribution in [0.15, 0.2) is 46.8 Å². The van der Waals surface area contributed by atoms with Gasteiger partial charge in [-0.25, -0.2) is 4.68 Å². The summed E-state index contributed by atoms with van der Waals surface area (Å²) >= 11 is 1.52. The predicted molar refractivity (Wildman–Crippen MR) is 81.3 cm³/mol. The number of para-hydroxylation sites is 1. The van der Waals surface area contributed by atoms with Gasteiger partial charge in [-0.3, -0.25) is 0 Å². The average Bonchev–Trinajstić information content (AvgIpc) is 3.04. The van der Waals surface area contributed by atoms with Crippen molar-refractivity contribution in [3.63, 3.8) is 0 Å². The lowest BCUT2D eigenvalue weighted by Gasteiger charge is -2.08. The van der Waals surface area contributed by atoms with E-state index in [2.05, 4.69) is 15.3 Å². The van der Waals surface area contributed by atoms with Crippen LogP contribution >= 0.6 is 11.8 Å². The van der Waals surface area contributed by atoms with Crippen LogP contribution in [0.1, 0.15) is 11.3 Å². The molecule has 6 nitrogen and oxygen atoms in total. The monoisotopic (exact) mass is 300 g/mol. The van der Waals surface area contributed by atoms with Gasteiger partial charge in [0, 0.05) is 19.2 Å². The first-order valence-corrected chi connectivity index (χ1v) is 7.38. The van der Waals surface area contributed by atoms with Gasteiger partial charge in [0.1, 0.15) is 11.4 Å². The molecule has 0 radical (unpaired) electrons. The highest BCUT2D eigenvalue weighted by molar-refractivity contribution is 7.99. The minimum Gasteiger partial charge on any atom is -0.326 e. The van der Waals surface area contributed by atoms with Crippen LogP contribution in [-0.4, -0.2) is 24.5 Å². The minimum atomic E-state index is 0.443. The van der Waals surface area contributed by atoms with E-state index in [1.54, 1.807) is 6.33 Å². The largest absolute Gasteiger partial charge is 0.326 e. The molecule has 108 valence electrons. The van der Waals surface area contributed by atoms with Crippen molar-refractivity contribution in [3.05, 3.63) is 47.9 Å². The molecular weight excluding hydrogens is 284 g/mol. The summed E-state index contributed by atoms with van der Waals surface area (Å²) in [4.78, 5) is 0. The molecule has 0 fully saturated rings. The smallest absolute Gasteiger partial charge is 0.197 e. The highest BCUT2D eigenvalue weighted by Crippen LogP contribution is 2.32. The Bertz CT molecular complexity index is 746. The molecule has 2 heterocycles. The van der Waals surface area contributed by atoms with Crippen LogP contribution in [0.5, 0.6) is 0 Å². The molecule has 2 aromatic heterocycles. The second kappa shape index (κ2) is 5.71.